The first-order valence-corrected chi connectivity index (χ1v) is 11.1. The highest BCUT2D eigenvalue weighted by atomic mass is 35.5. The molecule has 1 N–H and O–H groups in total. The second-order valence-corrected chi connectivity index (χ2v) is 8.92. The summed E-state index contributed by atoms with van der Waals surface area (Å²) in [6.45, 7) is 3.24. The van der Waals surface area contributed by atoms with Crippen molar-refractivity contribution in [1.29, 1.82) is 0 Å². The van der Waals surface area contributed by atoms with Crippen LogP contribution >= 0.6 is 11.6 Å². The van der Waals surface area contributed by atoms with E-state index in [1.54, 1.807) is 19.1 Å². The maximum Gasteiger partial charge on any atom is 0.271 e. The van der Waals surface area contributed by atoms with E-state index in [-0.39, 0.29) is 24.5 Å². The van der Waals surface area contributed by atoms with Gasteiger partial charge in [-0.25, -0.2) is 8.42 Å². The molecule has 1 amide bonds. The number of hydrogen-bond acceptors (Lipinski definition) is 6. The summed E-state index contributed by atoms with van der Waals surface area (Å²) in [7, 11) is -3.86. The number of anilines is 1. The van der Waals surface area contributed by atoms with Gasteiger partial charge >= 0.3 is 0 Å². The second kappa shape index (κ2) is 9.77. The van der Waals surface area contributed by atoms with Crippen molar-refractivity contribution in [2.75, 3.05) is 30.3 Å². The Morgan fingerprint density at radius 3 is 2.47 bits per heavy atom. The number of halogens is 1. The van der Waals surface area contributed by atoms with Gasteiger partial charge in [0, 0.05) is 17.2 Å². The van der Waals surface area contributed by atoms with Crippen LogP contribution < -0.4 is 14.4 Å². The largest absolute Gasteiger partial charge is 0.492 e. The molecule has 0 aliphatic carbocycles. The van der Waals surface area contributed by atoms with Crippen molar-refractivity contribution in [3.8, 4) is 5.75 Å². The van der Waals surface area contributed by atoms with Crippen molar-refractivity contribution in [1.82, 2.24) is 5.32 Å². The van der Waals surface area contributed by atoms with Gasteiger partial charge in [0.15, 0.2) is 0 Å². The van der Waals surface area contributed by atoms with Crippen LogP contribution in [0.3, 0.4) is 0 Å². The SMILES string of the molecule is Cc1ccc(OCCNC(=O)CN(c2cc([N+](=O)[O-])ccc2C)S(C)(=O)=O)cc1Cl. The molecule has 0 fully saturated rings. The van der Waals surface area contributed by atoms with Crippen LogP contribution in [0.15, 0.2) is 36.4 Å². The third kappa shape index (κ3) is 6.33. The monoisotopic (exact) mass is 455 g/mol. The van der Waals surface area contributed by atoms with Gasteiger partial charge in [0.05, 0.1) is 23.4 Å². The third-order valence-electron chi connectivity index (χ3n) is 4.20. The topological polar surface area (TPSA) is 119 Å². The van der Waals surface area contributed by atoms with Gasteiger partial charge in [0.25, 0.3) is 5.69 Å². The quantitative estimate of drug-likeness (QED) is 0.353. The lowest BCUT2D eigenvalue weighted by Gasteiger charge is -2.23. The second-order valence-electron chi connectivity index (χ2n) is 6.61. The van der Waals surface area contributed by atoms with Crippen LogP contribution in [-0.4, -0.2) is 45.2 Å². The number of hydrogen-bond donors (Lipinski definition) is 1. The smallest absolute Gasteiger partial charge is 0.271 e. The van der Waals surface area contributed by atoms with Crippen LogP contribution in [0.1, 0.15) is 11.1 Å². The van der Waals surface area contributed by atoms with Crippen LogP contribution in [-0.2, 0) is 14.8 Å². The Bertz CT molecular complexity index is 1060. The van der Waals surface area contributed by atoms with Crippen LogP contribution in [0.4, 0.5) is 11.4 Å². The highest BCUT2D eigenvalue weighted by Gasteiger charge is 2.24. The maximum absolute atomic E-state index is 12.3. The highest BCUT2D eigenvalue weighted by molar-refractivity contribution is 7.92. The molecule has 11 heteroatoms. The van der Waals surface area contributed by atoms with Gasteiger partial charge in [-0.2, -0.15) is 0 Å². The molecule has 0 aliphatic rings. The highest BCUT2D eigenvalue weighted by Crippen LogP contribution is 2.27. The zero-order chi connectivity index (χ0) is 22.5. The molecule has 0 aromatic heterocycles. The van der Waals surface area contributed by atoms with Crippen LogP contribution in [0.25, 0.3) is 0 Å². The summed E-state index contributed by atoms with van der Waals surface area (Å²) in [6, 6.07) is 9.06. The predicted octanol–water partition coefficient (Wildman–Crippen LogP) is 2.83. The Morgan fingerprint density at radius 1 is 1.20 bits per heavy atom. The number of nitro groups is 1. The molecule has 9 nitrogen and oxygen atoms in total. The van der Waals surface area contributed by atoms with Gasteiger partial charge in [-0.15, -0.1) is 0 Å². The molecule has 0 atom stereocenters. The maximum atomic E-state index is 12.3. The molecule has 2 aromatic carbocycles. The number of rotatable bonds is 9. The number of nitrogens with one attached hydrogen (secondary N) is 1. The van der Waals surface area contributed by atoms with Crippen LogP contribution in [0.5, 0.6) is 5.75 Å². The Morgan fingerprint density at radius 2 is 1.87 bits per heavy atom. The van der Waals surface area contributed by atoms with Gasteiger partial charge in [-0.05, 0) is 37.1 Å². The molecular weight excluding hydrogens is 434 g/mol. The average molecular weight is 456 g/mol. The lowest BCUT2D eigenvalue weighted by atomic mass is 10.2. The number of sulfonamides is 1. The van der Waals surface area contributed by atoms with Crippen molar-refractivity contribution in [2.45, 2.75) is 13.8 Å². The summed E-state index contributed by atoms with van der Waals surface area (Å²) < 4.78 is 30.8. The van der Waals surface area contributed by atoms with Crippen molar-refractivity contribution in [2.24, 2.45) is 0 Å². The molecule has 0 saturated heterocycles. The van der Waals surface area contributed by atoms with Crippen LogP contribution in [0, 0.1) is 24.0 Å². The Labute approximate surface area is 179 Å². The van der Waals surface area contributed by atoms with E-state index in [1.165, 1.54) is 12.1 Å². The number of amides is 1. The molecule has 0 spiro atoms. The number of aryl methyl sites for hydroxylation is 2. The first-order chi connectivity index (χ1) is 14.0. The zero-order valence-corrected chi connectivity index (χ0v) is 18.3. The summed E-state index contributed by atoms with van der Waals surface area (Å²) in [6.07, 6.45) is 0.933. The summed E-state index contributed by atoms with van der Waals surface area (Å²) in [5, 5.41) is 14.2. The molecule has 0 unspecified atom stereocenters. The van der Waals surface area contributed by atoms with E-state index >= 15 is 0 Å². The molecule has 0 aliphatic heterocycles. The van der Waals surface area contributed by atoms with Gasteiger partial charge in [0.1, 0.15) is 18.9 Å². The summed E-state index contributed by atoms with van der Waals surface area (Å²) >= 11 is 6.02. The van der Waals surface area contributed by atoms with Crippen molar-refractivity contribution in [3.63, 3.8) is 0 Å². The van der Waals surface area contributed by atoms with E-state index < -0.39 is 27.4 Å². The molecule has 2 aromatic rings. The summed E-state index contributed by atoms with van der Waals surface area (Å²) in [5.74, 6) is -0.0262. The van der Waals surface area contributed by atoms with Gasteiger partial charge in [0.2, 0.25) is 15.9 Å². The molecule has 0 heterocycles. The minimum atomic E-state index is -3.86. The fourth-order valence-electron chi connectivity index (χ4n) is 2.57. The fraction of sp³-hybridized carbons (Fsp3) is 0.316. The van der Waals surface area contributed by atoms with Gasteiger partial charge < -0.3 is 10.1 Å². The molecule has 0 bridgehead atoms. The number of benzene rings is 2. The molecule has 30 heavy (non-hydrogen) atoms. The average Bonchev–Trinajstić information content (AvgIpc) is 2.65. The molecule has 2 rings (SSSR count). The van der Waals surface area contributed by atoms with Crippen molar-refractivity contribution in [3.05, 3.63) is 62.7 Å². The Balaban J connectivity index is 2.02. The number of nitrogens with zero attached hydrogens (tertiary/aromatic N) is 2. The number of carbonyl (C=O) groups is 1. The van der Waals surface area contributed by atoms with Crippen molar-refractivity contribution < 1.29 is 22.9 Å². The first kappa shape index (κ1) is 23.4. The van der Waals surface area contributed by atoms with Crippen LogP contribution in [0.2, 0.25) is 5.02 Å². The molecule has 162 valence electrons. The number of ether oxygens (including phenoxy) is 1. The normalized spacial score (nSPS) is 11.1. The van der Waals surface area contributed by atoms with Crippen molar-refractivity contribution >= 4 is 38.9 Å². The lowest BCUT2D eigenvalue weighted by Crippen LogP contribution is -2.41. The van der Waals surface area contributed by atoms with E-state index in [0.29, 0.717) is 16.3 Å². The minimum Gasteiger partial charge on any atom is -0.492 e. The minimum absolute atomic E-state index is 0.0763. The molecule has 0 radical (unpaired) electrons. The Hall–Kier alpha value is -2.85. The molecule has 0 saturated carbocycles. The van der Waals surface area contributed by atoms with E-state index in [4.69, 9.17) is 16.3 Å². The van der Waals surface area contributed by atoms with Gasteiger partial charge in [-0.1, -0.05) is 23.7 Å². The standard InChI is InChI=1S/C19H22ClN3O6S/c1-13-5-7-16(11-17(13)20)29-9-8-21-19(24)12-22(30(3,27)28)18-10-15(23(25)26)6-4-14(18)2/h4-7,10-11H,8-9,12H2,1-3H3,(H,21,24). The zero-order valence-electron chi connectivity index (χ0n) is 16.7. The molecular formula is C19H22ClN3O6S. The van der Waals surface area contributed by atoms with E-state index in [2.05, 4.69) is 5.32 Å². The van der Waals surface area contributed by atoms with E-state index in [1.807, 2.05) is 13.0 Å². The third-order valence-corrected chi connectivity index (χ3v) is 5.73. The number of non-ortho nitro benzene ring substituents is 1. The van der Waals surface area contributed by atoms with E-state index in [9.17, 15) is 23.3 Å². The predicted molar refractivity (Wildman–Crippen MR) is 115 cm³/mol. The number of nitro benzene ring substituents is 1. The van der Waals surface area contributed by atoms with E-state index in [0.717, 1.165) is 22.2 Å². The summed E-state index contributed by atoms with van der Waals surface area (Å²) in [4.78, 5) is 22.7. The number of carbonyl (C=O) groups excluding carboxylic acids is 1. The summed E-state index contributed by atoms with van der Waals surface area (Å²) in [5.41, 5.74) is 1.20. The Kier molecular flexibility index (Phi) is 7.63. The van der Waals surface area contributed by atoms with Gasteiger partial charge in [-0.3, -0.25) is 19.2 Å². The first-order valence-electron chi connectivity index (χ1n) is 8.87. The lowest BCUT2D eigenvalue weighted by molar-refractivity contribution is -0.384. The fourth-order valence-corrected chi connectivity index (χ4v) is 3.65.